The molecule has 0 aromatic heterocycles. The van der Waals surface area contributed by atoms with Crippen molar-refractivity contribution in [2.45, 2.75) is 60.8 Å². The highest BCUT2D eigenvalue weighted by atomic mass is 14.4. The average Bonchev–Trinajstić information content (AvgIpc) is 1.84. The molecule has 0 saturated carbocycles. The van der Waals surface area contributed by atoms with Crippen molar-refractivity contribution in [2.24, 2.45) is 10.8 Å². The molecule has 0 aliphatic carbocycles. The summed E-state index contributed by atoms with van der Waals surface area (Å²) in [7, 11) is 0. The molecule has 0 amide bonds. The predicted octanol–water partition coefficient (Wildman–Crippen LogP) is 4.25. The minimum absolute atomic E-state index is 0.0226. The first-order chi connectivity index (χ1) is 5.62. The van der Waals surface area contributed by atoms with E-state index >= 15 is 0 Å². The first kappa shape index (κ1) is 7.64. The van der Waals surface area contributed by atoms with Gasteiger partial charge in [0.1, 0.15) is 0 Å². The Morgan fingerprint density at radius 3 is 1.36 bits per heavy atom. The van der Waals surface area contributed by atoms with Gasteiger partial charge in [0.25, 0.3) is 0 Å². The van der Waals surface area contributed by atoms with Crippen molar-refractivity contribution in [1.29, 1.82) is 0 Å². The van der Waals surface area contributed by atoms with Crippen LogP contribution >= 0.6 is 0 Å². The molecule has 0 atom stereocenters. The van der Waals surface area contributed by atoms with Gasteiger partial charge in [0, 0.05) is 2.74 Å². The highest BCUT2D eigenvalue weighted by molar-refractivity contribution is 4.86. The molecule has 0 heterocycles. The summed E-state index contributed by atoms with van der Waals surface area (Å²) in [4.78, 5) is 0. The fraction of sp³-hybridized carbons (Fsp3) is 1.00. The van der Waals surface area contributed by atoms with Gasteiger partial charge >= 0.3 is 0 Å². The molecule has 0 aliphatic heterocycles. The fourth-order valence-corrected chi connectivity index (χ4v) is 2.04. The zero-order valence-corrected chi connectivity index (χ0v) is 8.91. The minimum Gasteiger partial charge on any atom is -0.0648 e. The van der Waals surface area contributed by atoms with Crippen molar-refractivity contribution in [2.75, 3.05) is 0 Å². The summed E-state index contributed by atoms with van der Waals surface area (Å²) in [6.45, 7) is 12.3. The smallest absolute Gasteiger partial charge is 0.0270 e. The van der Waals surface area contributed by atoms with Gasteiger partial charge in [0.15, 0.2) is 0 Å². The third kappa shape index (κ3) is 1.98. The second-order valence-electron chi connectivity index (χ2n) is 4.29. The standard InChI is InChI=1S/C11H24/c1-7-11(8-2,9-3)10(4,5)6/h7-9H2,1-6H3/i7D2. The second kappa shape index (κ2) is 3.60. The largest absolute Gasteiger partial charge is 0.0648 e. The average molecular weight is 158 g/mol. The SMILES string of the molecule is [2H]C([2H])(C)C(CC)(CC)C(C)(C)C. The third-order valence-electron chi connectivity index (χ3n) is 3.12. The van der Waals surface area contributed by atoms with Gasteiger partial charge in [0.2, 0.25) is 0 Å². The van der Waals surface area contributed by atoms with Crippen LogP contribution < -0.4 is 0 Å². The molecule has 0 aliphatic rings. The molecule has 0 spiro atoms. The molecule has 0 nitrogen and oxygen atoms in total. The first-order valence-electron chi connectivity index (χ1n) is 5.62. The fourth-order valence-electron chi connectivity index (χ4n) is 2.04. The van der Waals surface area contributed by atoms with Gasteiger partial charge in [-0.25, -0.2) is 0 Å². The van der Waals surface area contributed by atoms with Crippen LogP contribution in [0.15, 0.2) is 0 Å². The van der Waals surface area contributed by atoms with Crippen molar-refractivity contribution in [1.82, 2.24) is 0 Å². The molecule has 0 radical (unpaired) electrons. The lowest BCUT2D eigenvalue weighted by molar-refractivity contribution is 0.0696. The van der Waals surface area contributed by atoms with Crippen molar-refractivity contribution >= 4 is 0 Å². The molecule has 0 rings (SSSR count). The maximum Gasteiger partial charge on any atom is 0.0270 e. The second-order valence-corrected chi connectivity index (χ2v) is 4.29. The molecule has 0 saturated heterocycles. The number of hydrogen-bond acceptors (Lipinski definition) is 0. The molecule has 0 aromatic carbocycles. The summed E-state index contributed by atoms with van der Waals surface area (Å²) in [5, 5.41) is 0. The lowest BCUT2D eigenvalue weighted by Gasteiger charge is -2.43. The third-order valence-corrected chi connectivity index (χ3v) is 3.12. The van der Waals surface area contributed by atoms with E-state index < -0.39 is 6.37 Å². The lowest BCUT2D eigenvalue weighted by Crippen LogP contribution is -2.33. The zero-order valence-electron chi connectivity index (χ0n) is 10.9. The van der Waals surface area contributed by atoms with Crippen molar-refractivity contribution in [3.05, 3.63) is 0 Å². The Labute approximate surface area is 75.2 Å². The van der Waals surface area contributed by atoms with E-state index in [1.807, 2.05) is 0 Å². The highest BCUT2D eigenvalue weighted by Crippen LogP contribution is 2.46. The highest BCUT2D eigenvalue weighted by Gasteiger charge is 2.36. The number of rotatable bonds is 3. The first-order valence-corrected chi connectivity index (χ1v) is 4.62. The minimum atomic E-state index is -1.10. The maximum absolute atomic E-state index is 7.96. The molecule has 0 bridgehead atoms. The summed E-state index contributed by atoms with van der Waals surface area (Å²) in [5.74, 6) is 0. The van der Waals surface area contributed by atoms with Crippen molar-refractivity contribution in [3.8, 4) is 0 Å². The molecule has 68 valence electrons. The van der Waals surface area contributed by atoms with E-state index in [0.717, 1.165) is 12.8 Å². The predicted molar refractivity (Wildman–Crippen MR) is 52.8 cm³/mol. The van der Waals surface area contributed by atoms with Crippen LogP contribution in [0, 0.1) is 10.8 Å². The van der Waals surface area contributed by atoms with Gasteiger partial charge in [-0.05, 0) is 30.0 Å². The van der Waals surface area contributed by atoms with Crippen LogP contribution in [0.1, 0.15) is 63.5 Å². The van der Waals surface area contributed by atoms with Gasteiger partial charge in [-0.1, -0.05) is 41.5 Å². The normalized spacial score (nSPS) is 17.6. The van der Waals surface area contributed by atoms with Gasteiger partial charge < -0.3 is 0 Å². The van der Waals surface area contributed by atoms with Crippen LogP contribution in [0.25, 0.3) is 0 Å². The quantitative estimate of drug-likeness (QED) is 0.576. The van der Waals surface area contributed by atoms with E-state index in [-0.39, 0.29) is 10.8 Å². The van der Waals surface area contributed by atoms with E-state index in [0.29, 0.717) is 0 Å². The molecule has 0 fully saturated rings. The molecule has 0 unspecified atom stereocenters. The van der Waals surface area contributed by atoms with Gasteiger partial charge in [-0.15, -0.1) is 0 Å². The van der Waals surface area contributed by atoms with E-state index in [4.69, 9.17) is 2.74 Å². The molecular weight excluding hydrogens is 132 g/mol. The Kier molecular flexibility index (Phi) is 2.50. The van der Waals surface area contributed by atoms with Gasteiger partial charge in [-0.3, -0.25) is 0 Å². The molecule has 0 N–H and O–H groups in total. The monoisotopic (exact) mass is 158 g/mol. The van der Waals surface area contributed by atoms with Gasteiger partial charge in [-0.2, -0.15) is 0 Å². The Morgan fingerprint density at radius 1 is 1.00 bits per heavy atom. The van der Waals surface area contributed by atoms with E-state index in [9.17, 15) is 0 Å². The Hall–Kier alpha value is 0. The van der Waals surface area contributed by atoms with E-state index in [2.05, 4.69) is 34.6 Å². The van der Waals surface area contributed by atoms with Crippen LogP contribution in [0.4, 0.5) is 0 Å². The Morgan fingerprint density at radius 2 is 1.36 bits per heavy atom. The van der Waals surface area contributed by atoms with Crippen molar-refractivity contribution < 1.29 is 2.74 Å². The van der Waals surface area contributed by atoms with E-state index in [1.54, 1.807) is 6.92 Å². The molecule has 0 heteroatoms. The van der Waals surface area contributed by atoms with Crippen molar-refractivity contribution in [3.63, 3.8) is 0 Å². The topological polar surface area (TPSA) is 0 Å². The Bertz CT molecular complexity index is 140. The van der Waals surface area contributed by atoms with Crippen LogP contribution in [0.5, 0.6) is 0 Å². The molecule has 0 aromatic rings. The summed E-state index contributed by atoms with van der Waals surface area (Å²) in [6, 6.07) is 0. The Balaban J connectivity index is 5.17. The summed E-state index contributed by atoms with van der Waals surface area (Å²) in [6.07, 6.45) is 0.696. The molecular formula is C11H24. The zero-order chi connectivity index (χ0) is 10.9. The van der Waals surface area contributed by atoms with Crippen LogP contribution in [-0.4, -0.2) is 0 Å². The van der Waals surface area contributed by atoms with Gasteiger partial charge in [0.05, 0.1) is 0 Å². The van der Waals surface area contributed by atoms with Crippen LogP contribution in [0.2, 0.25) is 0 Å². The number of hydrogen-bond donors (Lipinski definition) is 0. The van der Waals surface area contributed by atoms with E-state index in [1.165, 1.54) is 0 Å². The van der Waals surface area contributed by atoms with Crippen LogP contribution in [-0.2, 0) is 0 Å². The maximum atomic E-state index is 7.96. The summed E-state index contributed by atoms with van der Waals surface area (Å²) < 4.78 is 15.9. The molecule has 11 heavy (non-hydrogen) atoms. The summed E-state index contributed by atoms with van der Waals surface area (Å²) >= 11 is 0. The summed E-state index contributed by atoms with van der Waals surface area (Å²) in [5.41, 5.74) is -0.186. The lowest BCUT2D eigenvalue weighted by atomic mass is 9.62. The van der Waals surface area contributed by atoms with Crippen LogP contribution in [0.3, 0.4) is 0 Å².